The molecule has 9 aromatic rings. The van der Waals surface area contributed by atoms with E-state index in [1.807, 2.05) is 13.8 Å². The van der Waals surface area contributed by atoms with Crippen LogP contribution in [0, 0.1) is 0 Å². The van der Waals surface area contributed by atoms with Crippen molar-refractivity contribution in [2.75, 3.05) is 0 Å². The third-order valence-electron chi connectivity index (χ3n) is 11.1. The Bertz CT molecular complexity index is 3010. The second-order valence-electron chi connectivity index (χ2n) is 13.9. The zero-order chi connectivity index (χ0) is 36.2. The molecule has 8 aromatic carbocycles. The first-order valence-electron chi connectivity index (χ1n) is 19.1. The normalized spacial score (nSPS) is 14.6. The van der Waals surface area contributed by atoms with Gasteiger partial charge in [-0.3, -0.25) is 0 Å². The van der Waals surface area contributed by atoms with Crippen molar-refractivity contribution in [2.24, 2.45) is 0 Å². The van der Waals surface area contributed by atoms with Crippen LogP contribution in [0.15, 0.2) is 192 Å². The molecule has 1 unspecified atom stereocenters. The monoisotopic (exact) mass is 690 g/mol. The molecule has 1 nitrogen and oxygen atoms in total. The molecule has 11 rings (SSSR count). The zero-order valence-electron chi connectivity index (χ0n) is 30.4. The second kappa shape index (κ2) is 13.1. The van der Waals surface area contributed by atoms with Crippen molar-refractivity contribution in [2.45, 2.75) is 19.8 Å². The summed E-state index contributed by atoms with van der Waals surface area (Å²) in [5.41, 5.74) is 10.7. The molecule has 0 fully saturated rings. The predicted molar refractivity (Wildman–Crippen MR) is 232 cm³/mol. The van der Waals surface area contributed by atoms with Gasteiger partial charge in [-0.15, -0.1) is 0 Å². The van der Waals surface area contributed by atoms with Gasteiger partial charge in [-0.1, -0.05) is 196 Å². The topological polar surface area (TPSA) is 13.1 Å². The first-order valence-corrected chi connectivity index (χ1v) is 19.1. The lowest BCUT2D eigenvalue weighted by atomic mass is 9.82. The maximum absolute atomic E-state index is 6.74. The maximum atomic E-state index is 6.74. The molecule has 54 heavy (non-hydrogen) atoms. The molecule has 0 saturated heterocycles. The Morgan fingerprint density at radius 2 is 0.963 bits per heavy atom. The van der Waals surface area contributed by atoms with Crippen molar-refractivity contribution in [1.29, 1.82) is 0 Å². The Balaban J connectivity index is 0.00000178. The van der Waals surface area contributed by atoms with Crippen LogP contribution < -0.4 is 0 Å². The number of allylic oxidation sites excluding steroid dienone is 7. The highest BCUT2D eigenvalue weighted by Gasteiger charge is 2.26. The van der Waals surface area contributed by atoms with Crippen LogP contribution in [-0.2, 0) is 0 Å². The van der Waals surface area contributed by atoms with Gasteiger partial charge in [-0.2, -0.15) is 0 Å². The fourth-order valence-corrected chi connectivity index (χ4v) is 8.86. The Kier molecular flexibility index (Phi) is 7.74. The molecule has 0 amide bonds. The minimum absolute atomic E-state index is 0.0799. The summed E-state index contributed by atoms with van der Waals surface area (Å²) in [5.74, 6) is 1.08. The van der Waals surface area contributed by atoms with Crippen LogP contribution >= 0.6 is 0 Å². The van der Waals surface area contributed by atoms with E-state index in [1.165, 1.54) is 87.4 Å². The van der Waals surface area contributed by atoms with Crippen molar-refractivity contribution in [3.05, 3.63) is 199 Å². The van der Waals surface area contributed by atoms with Crippen LogP contribution in [-0.4, -0.2) is 0 Å². The summed E-state index contributed by atoms with van der Waals surface area (Å²) in [5, 5.41) is 11.1. The molecule has 0 N–H and O–H groups in total. The molecule has 256 valence electrons. The highest BCUT2D eigenvalue weighted by molar-refractivity contribution is 6.26. The van der Waals surface area contributed by atoms with E-state index in [4.69, 9.17) is 4.42 Å². The number of fused-ring (bicyclic) bond motifs is 9. The van der Waals surface area contributed by atoms with Gasteiger partial charge in [0.15, 0.2) is 0 Å². The summed E-state index contributed by atoms with van der Waals surface area (Å²) in [4.78, 5) is 0. The highest BCUT2D eigenvalue weighted by Crippen LogP contribution is 2.49. The summed E-state index contributed by atoms with van der Waals surface area (Å²) < 4.78 is 6.74. The molecule has 0 radical (unpaired) electrons. The minimum atomic E-state index is 0.0799. The molecule has 0 saturated carbocycles. The highest BCUT2D eigenvalue weighted by atomic mass is 16.3. The van der Waals surface area contributed by atoms with E-state index in [1.54, 1.807) is 0 Å². The zero-order valence-corrected chi connectivity index (χ0v) is 30.4. The lowest BCUT2D eigenvalue weighted by Gasteiger charge is -2.20. The largest absolute Gasteiger partial charge is 0.459 e. The summed E-state index contributed by atoms with van der Waals surface area (Å²) in [7, 11) is 0. The first-order chi connectivity index (χ1) is 26.8. The van der Waals surface area contributed by atoms with Crippen molar-refractivity contribution >= 4 is 60.1 Å². The van der Waals surface area contributed by atoms with E-state index in [0.29, 0.717) is 0 Å². The lowest BCUT2D eigenvalue weighted by Crippen LogP contribution is -1.93. The summed E-state index contributed by atoms with van der Waals surface area (Å²) in [6.07, 6.45) is 15.4. The standard InChI is InChI=1S/C51H32O.C2H6/c1-2-15-34-31-32(13-1)27-28-46-50-45(25-12-26-47(50)52-51(34)46)49-42-22-9-7-20-40(42)48(41-21-8-10-23-43(41)49)44-30-29-39(37-18-5-6-19-38(37)44)36-24-11-16-33-14-3-4-17-35(33)36;1-2/h1-31,34H;1-2H3. The number of hydrogen-bond donors (Lipinski definition) is 0. The van der Waals surface area contributed by atoms with Gasteiger partial charge in [0, 0.05) is 10.9 Å². The van der Waals surface area contributed by atoms with E-state index < -0.39 is 0 Å². The molecular formula is C53H38O. The second-order valence-corrected chi connectivity index (χ2v) is 13.9. The van der Waals surface area contributed by atoms with Gasteiger partial charge in [-0.25, -0.2) is 0 Å². The molecule has 1 atom stereocenters. The Morgan fingerprint density at radius 3 is 1.69 bits per heavy atom. The van der Waals surface area contributed by atoms with Crippen molar-refractivity contribution < 1.29 is 4.42 Å². The lowest BCUT2D eigenvalue weighted by molar-refractivity contribution is 0.548. The SMILES string of the molecule is C1=CC2=CC(C=C1)c1oc3cccc(-c4c5ccccc5c(-c5ccc(-c6cccc7ccccc67)c6ccccc56)c5ccccc45)c3c1C=C2.CC. The van der Waals surface area contributed by atoms with E-state index in [0.717, 1.165) is 16.9 Å². The third-order valence-corrected chi connectivity index (χ3v) is 11.1. The molecule has 0 aliphatic heterocycles. The molecular weight excluding hydrogens is 653 g/mol. The van der Waals surface area contributed by atoms with Gasteiger partial charge >= 0.3 is 0 Å². The van der Waals surface area contributed by atoms with Crippen LogP contribution in [0.2, 0.25) is 0 Å². The van der Waals surface area contributed by atoms with Gasteiger partial charge in [-0.05, 0) is 88.1 Å². The summed E-state index contributed by atoms with van der Waals surface area (Å²) in [6.45, 7) is 4.00. The number of furan rings is 1. The molecule has 1 aromatic heterocycles. The number of benzene rings is 8. The Hall–Kier alpha value is -6.70. The fourth-order valence-electron chi connectivity index (χ4n) is 8.86. The maximum Gasteiger partial charge on any atom is 0.135 e. The molecule has 1 heterocycles. The Morgan fingerprint density at radius 1 is 0.426 bits per heavy atom. The van der Waals surface area contributed by atoms with Crippen LogP contribution in [0.4, 0.5) is 0 Å². The number of rotatable bonds is 3. The number of hydrogen-bond acceptors (Lipinski definition) is 1. The third kappa shape index (κ3) is 4.93. The summed E-state index contributed by atoms with van der Waals surface area (Å²) >= 11 is 0. The van der Waals surface area contributed by atoms with Crippen LogP contribution in [0.25, 0.3) is 93.5 Å². The molecule has 2 aliphatic rings. The van der Waals surface area contributed by atoms with Gasteiger partial charge in [0.05, 0.1) is 5.92 Å². The first kappa shape index (κ1) is 32.0. The average molecular weight is 691 g/mol. The Labute approximate surface area is 315 Å². The van der Waals surface area contributed by atoms with Gasteiger partial charge in [0.1, 0.15) is 11.3 Å². The average Bonchev–Trinajstić information content (AvgIpc) is 3.34. The van der Waals surface area contributed by atoms with Crippen LogP contribution in [0.5, 0.6) is 0 Å². The molecule has 0 spiro atoms. The van der Waals surface area contributed by atoms with Gasteiger partial charge in [0.2, 0.25) is 0 Å². The predicted octanol–water partition coefficient (Wildman–Crippen LogP) is 15.2. The van der Waals surface area contributed by atoms with Gasteiger partial charge < -0.3 is 4.42 Å². The van der Waals surface area contributed by atoms with Crippen molar-refractivity contribution in [3.8, 4) is 33.4 Å². The van der Waals surface area contributed by atoms with E-state index in [9.17, 15) is 0 Å². The van der Waals surface area contributed by atoms with Crippen LogP contribution in [0.3, 0.4) is 0 Å². The fraction of sp³-hybridized carbons (Fsp3) is 0.0566. The van der Waals surface area contributed by atoms with E-state index in [-0.39, 0.29) is 5.92 Å². The van der Waals surface area contributed by atoms with Crippen molar-refractivity contribution in [3.63, 3.8) is 0 Å². The van der Waals surface area contributed by atoms with E-state index >= 15 is 0 Å². The molecule has 1 heteroatoms. The summed E-state index contributed by atoms with van der Waals surface area (Å²) in [6, 6.07) is 53.4. The van der Waals surface area contributed by atoms with E-state index in [2.05, 4.69) is 188 Å². The smallest absolute Gasteiger partial charge is 0.135 e. The van der Waals surface area contributed by atoms with Crippen molar-refractivity contribution in [1.82, 2.24) is 0 Å². The van der Waals surface area contributed by atoms with Crippen LogP contribution in [0.1, 0.15) is 31.1 Å². The molecule has 2 aliphatic carbocycles. The van der Waals surface area contributed by atoms with Gasteiger partial charge in [0.25, 0.3) is 0 Å². The molecule has 2 bridgehead atoms. The minimum Gasteiger partial charge on any atom is -0.459 e. The quantitative estimate of drug-likeness (QED) is 0.168.